The summed E-state index contributed by atoms with van der Waals surface area (Å²) in [6.07, 6.45) is 1.31. The van der Waals surface area contributed by atoms with E-state index in [1.54, 1.807) is 35.1 Å². The number of benzene rings is 1. The number of amides is 2. The molecule has 1 fully saturated rings. The maximum atomic E-state index is 12.4. The Morgan fingerprint density at radius 1 is 1.16 bits per heavy atom. The molecular weight excluding hydrogens is 843 g/mol. The number of hydrogen-bond acceptors (Lipinski definition) is 16. The second-order valence-electron chi connectivity index (χ2n) is 13.5. The molecule has 0 aromatic heterocycles. The molecule has 1 aliphatic heterocycles. The molecule has 5 atom stereocenters. The van der Waals surface area contributed by atoms with Crippen molar-refractivity contribution < 1.29 is 52.4 Å². The fourth-order valence-electron chi connectivity index (χ4n) is 4.42. The molecule has 1 heterocycles. The van der Waals surface area contributed by atoms with Gasteiger partial charge < -0.3 is 54.6 Å². The van der Waals surface area contributed by atoms with Crippen LogP contribution in [-0.4, -0.2) is 133 Å². The lowest BCUT2D eigenvalue weighted by molar-refractivity contribution is -0.126. The van der Waals surface area contributed by atoms with Crippen LogP contribution in [0.25, 0.3) is 0 Å². The van der Waals surface area contributed by atoms with Crippen LogP contribution in [0.3, 0.4) is 0 Å². The van der Waals surface area contributed by atoms with Gasteiger partial charge in [0.2, 0.25) is 13.2 Å². The van der Waals surface area contributed by atoms with Gasteiger partial charge in [-0.1, -0.05) is 75.9 Å². The van der Waals surface area contributed by atoms with Crippen LogP contribution >= 0.6 is 62.5 Å². The number of carbonyl (C=O) groups excluding carboxylic acids is 2. The van der Waals surface area contributed by atoms with Crippen molar-refractivity contribution in [3.8, 4) is 22.9 Å². The van der Waals surface area contributed by atoms with E-state index in [1.807, 2.05) is 11.7 Å². The number of ether oxygens (including phenoxy) is 6. The normalized spacial score (nSPS) is 18.2. The van der Waals surface area contributed by atoms with Gasteiger partial charge in [0.1, 0.15) is 41.3 Å². The molecule has 15 nitrogen and oxygen atoms in total. The zero-order chi connectivity index (χ0) is 41.6. The minimum atomic E-state index is -4.54. The number of rotatable bonds is 26. The van der Waals surface area contributed by atoms with E-state index in [0.717, 1.165) is 11.8 Å². The number of nitrogens with zero attached hydrogens (tertiary/aromatic N) is 1. The highest BCUT2D eigenvalue weighted by molar-refractivity contribution is 8.77. The Hall–Kier alpha value is -1.27. The minimum absolute atomic E-state index is 0.0225. The van der Waals surface area contributed by atoms with E-state index < -0.39 is 25.1 Å². The Morgan fingerprint density at radius 3 is 2.61 bits per heavy atom. The van der Waals surface area contributed by atoms with Gasteiger partial charge in [-0.2, -0.15) is 11.1 Å². The van der Waals surface area contributed by atoms with Crippen LogP contribution < -0.4 is 21.1 Å². The zero-order valence-corrected chi connectivity index (χ0v) is 37.5. The predicted octanol–water partition coefficient (Wildman–Crippen LogP) is 3.79. The Bertz CT molecular complexity index is 1510. The van der Waals surface area contributed by atoms with E-state index in [0.29, 0.717) is 43.9 Å². The molecule has 0 spiro atoms. The number of thiocyanates is 1. The van der Waals surface area contributed by atoms with Crippen LogP contribution in [0.15, 0.2) is 24.3 Å². The van der Waals surface area contributed by atoms with Gasteiger partial charge in [-0.3, -0.25) is 14.2 Å². The molecule has 0 saturated carbocycles. The molecule has 1 aromatic rings. The maximum absolute atomic E-state index is 12.4. The third-order valence-corrected chi connectivity index (χ3v) is 15.1. The second kappa shape index (κ2) is 26.8. The van der Waals surface area contributed by atoms with Crippen LogP contribution in [0.1, 0.15) is 51.4 Å². The van der Waals surface area contributed by atoms with Crippen molar-refractivity contribution in [1.29, 1.82) is 5.26 Å². The van der Waals surface area contributed by atoms with E-state index in [-0.39, 0.29) is 73.0 Å². The standard InChI is InChI=1S/C34H54BN4O11PS5/c1-33(2,3)56-55-30(21-47-25-10-7-9-24(17-25)32(41)39-14-12-36)46-16-15-45-20-29(40)38-13-8-11-35-28-18-26(50-31(54-52-6)22-53-23-37)27(49-28)19-48-34(4,5)51(42,43)44/h7,9-10,17,26-28,30-31,35H,12-16,18-22,36H2,1-6H3,(H,38,40)(H,39,41)(H2,42,43,44)/t26-,27?,28-,30?,31+/m1/s1. The summed E-state index contributed by atoms with van der Waals surface area (Å²) in [7, 11) is 1.96. The quantitative estimate of drug-likeness (QED) is 0.0170. The van der Waals surface area contributed by atoms with Crippen molar-refractivity contribution in [2.24, 2.45) is 5.73 Å². The topological polar surface area (TPSA) is 221 Å². The molecule has 1 saturated heterocycles. The molecule has 2 unspecified atom stereocenters. The average molecular weight is 897 g/mol. The van der Waals surface area contributed by atoms with Crippen LogP contribution in [0, 0.1) is 22.4 Å². The average Bonchev–Trinajstić information content (AvgIpc) is 3.52. The number of nitrogens with two attached hydrogens (primary N) is 1. The first-order chi connectivity index (χ1) is 26.5. The molecule has 22 heteroatoms. The summed E-state index contributed by atoms with van der Waals surface area (Å²) < 4.78 is 47.4. The van der Waals surface area contributed by atoms with Crippen molar-refractivity contribution in [3.63, 3.8) is 0 Å². The third kappa shape index (κ3) is 21.1. The molecule has 0 bridgehead atoms. The number of carbonyl (C=O) groups is 2. The summed E-state index contributed by atoms with van der Waals surface area (Å²) in [6, 6.07) is 6.55. The number of nitriles is 1. The van der Waals surface area contributed by atoms with E-state index in [2.05, 4.69) is 43.1 Å². The van der Waals surface area contributed by atoms with Crippen molar-refractivity contribution >= 4 is 81.6 Å². The molecule has 2 rings (SSSR count). The molecule has 0 aliphatic carbocycles. The van der Waals surface area contributed by atoms with Gasteiger partial charge in [-0.15, -0.1) is 0 Å². The van der Waals surface area contributed by atoms with Crippen LogP contribution in [0.5, 0.6) is 5.75 Å². The fourth-order valence-corrected chi connectivity index (χ4v) is 9.25. The van der Waals surface area contributed by atoms with Gasteiger partial charge in [-0.25, -0.2) is 0 Å². The lowest BCUT2D eigenvalue weighted by atomic mass is 9.71. The Labute approximate surface area is 351 Å². The molecule has 0 radical (unpaired) electrons. The van der Waals surface area contributed by atoms with Gasteiger partial charge in [0, 0.05) is 35.2 Å². The van der Waals surface area contributed by atoms with Crippen molar-refractivity contribution in [2.45, 2.75) is 80.2 Å². The predicted molar refractivity (Wildman–Crippen MR) is 230 cm³/mol. The van der Waals surface area contributed by atoms with Crippen molar-refractivity contribution in [3.05, 3.63) is 29.8 Å². The summed E-state index contributed by atoms with van der Waals surface area (Å²) in [6.45, 7) is 10.1. The highest BCUT2D eigenvalue weighted by atomic mass is 33.1. The Balaban J connectivity index is 1.81. The zero-order valence-electron chi connectivity index (χ0n) is 32.6. The lowest BCUT2D eigenvalue weighted by Crippen LogP contribution is -2.36. The molecule has 314 valence electrons. The first-order valence-corrected chi connectivity index (χ1v) is 25.1. The lowest BCUT2D eigenvalue weighted by Gasteiger charge is -2.29. The molecule has 56 heavy (non-hydrogen) atoms. The number of thioether (sulfide) groups is 1. The summed E-state index contributed by atoms with van der Waals surface area (Å²) in [5.74, 6) is 6.33. The van der Waals surface area contributed by atoms with Crippen LogP contribution in [0.4, 0.5) is 0 Å². The molecule has 1 aromatic carbocycles. The Kier molecular flexibility index (Phi) is 24.3. The third-order valence-electron chi connectivity index (χ3n) is 7.30. The van der Waals surface area contributed by atoms with Gasteiger partial charge in [-0.05, 0) is 56.5 Å². The number of hydrogen-bond donors (Lipinski definition) is 5. The van der Waals surface area contributed by atoms with Crippen molar-refractivity contribution in [1.82, 2.24) is 10.6 Å². The van der Waals surface area contributed by atoms with Crippen LogP contribution in [0.2, 0.25) is 0 Å². The first-order valence-electron chi connectivity index (χ1n) is 17.7. The number of nitrogens with one attached hydrogen (secondary N) is 2. The van der Waals surface area contributed by atoms with E-state index in [9.17, 15) is 23.9 Å². The van der Waals surface area contributed by atoms with Gasteiger partial charge in [0.15, 0.2) is 5.34 Å². The first kappa shape index (κ1) is 50.9. The second-order valence-corrected chi connectivity index (χ2v) is 22.3. The monoisotopic (exact) mass is 896 g/mol. The summed E-state index contributed by atoms with van der Waals surface area (Å²) in [5.41, 5.74) is 5.29. The molecular formula is C34H54BN4O11PS5. The molecule has 6 N–H and O–H groups in total. The maximum Gasteiger partial charge on any atom is 0.356 e. The molecule has 2 amide bonds. The minimum Gasteiger partial charge on any atom is -0.490 e. The van der Waals surface area contributed by atoms with E-state index >= 15 is 0 Å². The van der Waals surface area contributed by atoms with Gasteiger partial charge >= 0.3 is 7.60 Å². The fraction of sp³-hybridized carbons (Fsp3) is 0.676. The van der Waals surface area contributed by atoms with Crippen LogP contribution in [-0.2, 0) is 33.0 Å². The highest BCUT2D eigenvalue weighted by Gasteiger charge is 2.43. The van der Waals surface area contributed by atoms with E-state index in [1.165, 1.54) is 46.2 Å². The Morgan fingerprint density at radius 2 is 1.93 bits per heavy atom. The molecule has 1 aliphatic rings. The van der Waals surface area contributed by atoms with Gasteiger partial charge in [0.25, 0.3) is 5.91 Å². The summed E-state index contributed by atoms with van der Waals surface area (Å²) >= 11 is 1.08. The van der Waals surface area contributed by atoms with Gasteiger partial charge in [0.05, 0.1) is 32.5 Å². The smallest absolute Gasteiger partial charge is 0.356 e. The highest BCUT2D eigenvalue weighted by Crippen LogP contribution is 2.51. The summed E-state index contributed by atoms with van der Waals surface area (Å²) in [4.78, 5) is 44.0. The SMILES string of the molecule is CSS[C@@H](CSC#N)O[C@@H]1C[C@H](BC#CCNC(=O)COCCOC(COc2cccc(C(=O)NCCN)c2)SSC(C)(C)C)OC1COC(C)(C)P(=O)(O)O. The largest absolute Gasteiger partial charge is 0.490 e. The van der Waals surface area contributed by atoms with E-state index in [4.69, 9.17) is 39.4 Å². The van der Waals surface area contributed by atoms with Crippen molar-refractivity contribution in [2.75, 3.05) is 64.7 Å². The summed E-state index contributed by atoms with van der Waals surface area (Å²) in [5, 5.41) is 14.8.